The Kier molecular flexibility index (Phi) is 3.87. The van der Waals surface area contributed by atoms with E-state index >= 15 is 0 Å². The lowest BCUT2D eigenvalue weighted by Crippen LogP contribution is -2.60. The van der Waals surface area contributed by atoms with Gasteiger partial charge in [-0.15, -0.1) is 0 Å². The maximum absolute atomic E-state index is 4.60. The third-order valence-electron chi connectivity index (χ3n) is 6.69. The first-order chi connectivity index (χ1) is 12.3. The molecule has 0 N–H and O–H groups in total. The van der Waals surface area contributed by atoms with Gasteiger partial charge >= 0.3 is 0 Å². The molecule has 4 aliphatic heterocycles. The molecule has 5 heterocycles. The number of hydrogen-bond donors (Lipinski definition) is 0. The third-order valence-corrected chi connectivity index (χ3v) is 6.69. The lowest BCUT2D eigenvalue weighted by molar-refractivity contribution is -0.00897. The average Bonchev–Trinajstić information content (AvgIpc) is 3.06. The van der Waals surface area contributed by atoms with E-state index in [0.29, 0.717) is 18.0 Å². The summed E-state index contributed by atoms with van der Waals surface area (Å²) >= 11 is 0. The van der Waals surface area contributed by atoms with Crippen molar-refractivity contribution >= 4 is 0 Å². The van der Waals surface area contributed by atoms with Gasteiger partial charge in [0.15, 0.2) is 0 Å². The molecule has 0 radical (unpaired) electrons. The van der Waals surface area contributed by atoms with E-state index < -0.39 is 0 Å². The number of pyridine rings is 1. The van der Waals surface area contributed by atoms with Crippen LogP contribution in [0.25, 0.3) is 0 Å². The van der Waals surface area contributed by atoms with E-state index in [1.807, 2.05) is 12.3 Å². The molecule has 6 rings (SSSR count). The second kappa shape index (κ2) is 6.22. The summed E-state index contributed by atoms with van der Waals surface area (Å²) in [6.45, 7) is 6.94. The van der Waals surface area contributed by atoms with E-state index in [1.54, 1.807) is 0 Å². The summed E-state index contributed by atoms with van der Waals surface area (Å²) in [4.78, 5) is 10.1. The molecule has 0 saturated carbocycles. The Morgan fingerprint density at radius 3 is 2.52 bits per heavy atom. The summed E-state index contributed by atoms with van der Waals surface area (Å²) in [5.41, 5.74) is 4.09. The number of benzene rings is 1. The Labute approximate surface area is 150 Å². The molecule has 0 spiro atoms. The molecule has 2 bridgehead atoms. The second-order valence-electron chi connectivity index (χ2n) is 8.12. The van der Waals surface area contributed by atoms with Gasteiger partial charge in [0, 0.05) is 37.3 Å². The van der Waals surface area contributed by atoms with Gasteiger partial charge in [0.1, 0.15) is 0 Å². The molecule has 1 aromatic carbocycles. The first-order valence-electron chi connectivity index (χ1n) is 9.74. The summed E-state index contributed by atoms with van der Waals surface area (Å²) in [6.07, 6.45) is 4.68. The van der Waals surface area contributed by atoms with Crippen LogP contribution in [0.15, 0.2) is 48.7 Å². The predicted octanol–water partition coefficient (Wildman–Crippen LogP) is 3.45. The van der Waals surface area contributed by atoms with Crippen LogP contribution in [0.4, 0.5) is 0 Å². The minimum atomic E-state index is 0.636. The molecule has 1 aromatic heterocycles. The number of aromatic nitrogens is 1. The van der Waals surface area contributed by atoms with E-state index in [4.69, 9.17) is 0 Å². The van der Waals surface area contributed by atoms with E-state index in [9.17, 15) is 0 Å². The van der Waals surface area contributed by atoms with Crippen LogP contribution in [0.3, 0.4) is 0 Å². The molecule has 4 fully saturated rings. The largest absolute Gasteiger partial charge is 0.298 e. The molecule has 3 atom stereocenters. The maximum Gasteiger partial charge on any atom is 0.0544 e. The Bertz CT molecular complexity index is 719. The minimum Gasteiger partial charge on any atom is -0.298 e. The maximum atomic E-state index is 4.60. The van der Waals surface area contributed by atoms with Gasteiger partial charge in [0.25, 0.3) is 0 Å². The van der Waals surface area contributed by atoms with Crippen molar-refractivity contribution in [2.45, 2.75) is 44.3 Å². The normalized spacial score (nSPS) is 34.2. The van der Waals surface area contributed by atoms with Crippen LogP contribution in [-0.4, -0.2) is 46.5 Å². The number of likely N-dealkylation sites (tertiary alicyclic amines) is 1. The molecule has 0 amide bonds. The van der Waals surface area contributed by atoms with Crippen molar-refractivity contribution in [2.24, 2.45) is 5.92 Å². The number of aryl methyl sites for hydroxylation is 1. The third kappa shape index (κ3) is 2.70. The summed E-state index contributed by atoms with van der Waals surface area (Å²) in [6, 6.07) is 17.0. The number of fused-ring (bicyclic) bond motifs is 2. The van der Waals surface area contributed by atoms with E-state index in [-0.39, 0.29) is 0 Å². The minimum absolute atomic E-state index is 0.636. The van der Waals surface area contributed by atoms with Crippen molar-refractivity contribution in [3.63, 3.8) is 0 Å². The highest BCUT2D eigenvalue weighted by Crippen LogP contribution is 2.46. The number of rotatable bonds is 3. The number of piperidine rings is 3. The van der Waals surface area contributed by atoms with Crippen molar-refractivity contribution in [1.29, 1.82) is 0 Å². The van der Waals surface area contributed by atoms with Crippen LogP contribution in [0.2, 0.25) is 0 Å². The zero-order valence-electron chi connectivity index (χ0n) is 15.0. The molecule has 25 heavy (non-hydrogen) atoms. The van der Waals surface area contributed by atoms with Crippen LogP contribution < -0.4 is 0 Å². The Morgan fingerprint density at radius 1 is 1.00 bits per heavy atom. The summed E-state index contributed by atoms with van der Waals surface area (Å²) in [7, 11) is 0. The SMILES string of the molecule is Cc1ccc([C@@H]2CN(Cc3ccccn3)[C@@H]3C4CCN(CC4)[C@@H]32)cc1. The van der Waals surface area contributed by atoms with Crippen LogP contribution in [0.5, 0.6) is 0 Å². The van der Waals surface area contributed by atoms with Crippen LogP contribution >= 0.6 is 0 Å². The number of hydrogen-bond acceptors (Lipinski definition) is 3. The molecule has 130 valence electrons. The first-order valence-corrected chi connectivity index (χ1v) is 9.74. The Balaban J connectivity index is 1.47. The second-order valence-corrected chi connectivity index (χ2v) is 8.12. The fourth-order valence-corrected chi connectivity index (χ4v) is 5.53. The van der Waals surface area contributed by atoms with E-state index in [1.165, 1.54) is 49.3 Å². The zero-order chi connectivity index (χ0) is 16.8. The molecule has 0 unspecified atom stereocenters. The van der Waals surface area contributed by atoms with Gasteiger partial charge in [0.2, 0.25) is 0 Å². The monoisotopic (exact) mass is 333 g/mol. The van der Waals surface area contributed by atoms with Crippen molar-refractivity contribution in [3.05, 3.63) is 65.5 Å². The lowest BCUT2D eigenvalue weighted by atomic mass is 9.75. The van der Waals surface area contributed by atoms with Gasteiger partial charge < -0.3 is 0 Å². The van der Waals surface area contributed by atoms with Gasteiger partial charge in [-0.2, -0.15) is 0 Å². The van der Waals surface area contributed by atoms with Crippen LogP contribution in [0.1, 0.15) is 35.6 Å². The summed E-state index contributed by atoms with van der Waals surface area (Å²) < 4.78 is 0. The first kappa shape index (κ1) is 15.5. The van der Waals surface area contributed by atoms with Gasteiger partial charge in [-0.3, -0.25) is 14.8 Å². The molecular formula is C22H27N3. The highest BCUT2D eigenvalue weighted by atomic mass is 15.3. The highest BCUT2D eigenvalue weighted by molar-refractivity contribution is 5.30. The number of nitrogens with zero attached hydrogens (tertiary/aromatic N) is 3. The van der Waals surface area contributed by atoms with Crippen LogP contribution in [-0.2, 0) is 6.54 Å². The molecule has 0 aliphatic carbocycles. The topological polar surface area (TPSA) is 19.4 Å². The molecule has 4 aliphatic rings. The quantitative estimate of drug-likeness (QED) is 0.857. The summed E-state index contributed by atoms with van der Waals surface area (Å²) in [5, 5.41) is 0. The Morgan fingerprint density at radius 2 is 1.80 bits per heavy atom. The van der Waals surface area contributed by atoms with Gasteiger partial charge in [-0.05, 0) is 56.5 Å². The molecular weight excluding hydrogens is 306 g/mol. The van der Waals surface area contributed by atoms with Crippen molar-refractivity contribution in [1.82, 2.24) is 14.8 Å². The fourth-order valence-electron chi connectivity index (χ4n) is 5.53. The van der Waals surface area contributed by atoms with Crippen molar-refractivity contribution < 1.29 is 0 Å². The van der Waals surface area contributed by atoms with Crippen LogP contribution in [0, 0.1) is 12.8 Å². The molecule has 4 saturated heterocycles. The zero-order valence-corrected chi connectivity index (χ0v) is 15.0. The van der Waals surface area contributed by atoms with Gasteiger partial charge in [-0.1, -0.05) is 35.9 Å². The highest BCUT2D eigenvalue weighted by Gasteiger charge is 2.53. The van der Waals surface area contributed by atoms with E-state index in [2.05, 4.69) is 58.1 Å². The van der Waals surface area contributed by atoms with Crippen molar-refractivity contribution in [2.75, 3.05) is 19.6 Å². The smallest absolute Gasteiger partial charge is 0.0544 e. The Hall–Kier alpha value is -1.71. The molecule has 3 heteroatoms. The standard InChI is InChI=1S/C22H27N3/c1-16-5-7-17(8-6-16)20-15-25(14-19-4-2-3-11-23-19)21-18-9-12-24(13-10-18)22(20)21/h2-8,11,18,20-22H,9-10,12-15H2,1H3/t20-,21+,22+/m0/s1. The molecule has 2 aromatic rings. The average molecular weight is 333 g/mol. The van der Waals surface area contributed by atoms with Gasteiger partial charge in [-0.25, -0.2) is 0 Å². The fraction of sp³-hybridized carbons (Fsp3) is 0.500. The van der Waals surface area contributed by atoms with E-state index in [0.717, 1.165) is 12.5 Å². The summed E-state index contributed by atoms with van der Waals surface area (Å²) in [5.74, 6) is 1.51. The van der Waals surface area contributed by atoms with Crippen molar-refractivity contribution in [3.8, 4) is 0 Å². The lowest BCUT2D eigenvalue weighted by Gasteiger charge is -2.51. The molecule has 3 nitrogen and oxygen atoms in total. The van der Waals surface area contributed by atoms with Gasteiger partial charge in [0.05, 0.1) is 5.69 Å². The predicted molar refractivity (Wildman–Crippen MR) is 100 cm³/mol.